The number of carbonyl (C=O) groups is 2. The van der Waals surface area contributed by atoms with Crippen LogP contribution in [0.25, 0.3) is 0 Å². The van der Waals surface area contributed by atoms with Gasteiger partial charge >= 0.3 is 0 Å². The topological polar surface area (TPSA) is 66.7 Å². The van der Waals surface area contributed by atoms with Crippen molar-refractivity contribution in [2.75, 3.05) is 19.6 Å². The first-order valence-corrected chi connectivity index (χ1v) is 7.62. The molecule has 0 aromatic carbocycles. The van der Waals surface area contributed by atoms with Gasteiger partial charge in [0.25, 0.3) is 5.91 Å². The molecule has 3 heterocycles. The Kier molecular flexibility index (Phi) is 3.94. The molecule has 0 aliphatic carbocycles. The average Bonchev–Trinajstić information content (AvgIpc) is 2.93. The third kappa shape index (κ3) is 2.80. The molecule has 0 radical (unpaired) electrons. The fourth-order valence-electron chi connectivity index (χ4n) is 3.57. The monoisotopic (exact) mass is 291 g/mol. The number of fused-ring (bicyclic) bond motifs is 1. The minimum Gasteiger partial charge on any atom is -0.438 e. The Hall–Kier alpha value is -1.85. The highest BCUT2D eigenvalue weighted by atomic mass is 16.3. The fraction of sp³-hybridized carbons (Fsp3) is 0.667. The molecular formula is C15H21N3O3. The van der Waals surface area contributed by atoms with E-state index in [1.807, 2.05) is 9.80 Å². The van der Waals surface area contributed by atoms with Gasteiger partial charge in [0.05, 0.1) is 6.20 Å². The molecule has 2 aliphatic heterocycles. The summed E-state index contributed by atoms with van der Waals surface area (Å²) in [4.78, 5) is 31.9. The largest absolute Gasteiger partial charge is 0.438 e. The Labute approximate surface area is 124 Å². The second kappa shape index (κ2) is 5.87. The Morgan fingerprint density at radius 3 is 2.86 bits per heavy atom. The summed E-state index contributed by atoms with van der Waals surface area (Å²) in [6, 6.07) is 0.209. The smallest absolute Gasteiger partial charge is 0.291 e. The molecule has 6 nitrogen and oxygen atoms in total. The number of aromatic nitrogens is 1. The number of hydrogen-bond acceptors (Lipinski definition) is 4. The molecule has 2 saturated heterocycles. The number of nitrogens with zero attached hydrogens (tertiary/aromatic N) is 3. The Balaban J connectivity index is 1.78. The van der Waals surface area contributed by atoms with Crippen LogP contribution in [0.2, 0.25) is 0 Å². The Bertz CT molecular complexity index is 514. The quantitative estimate of drug-likeness (QED) is 0.787. The van der Waals surface area contributed by atoms with Gasteiger partial charge < -0.3 is 14.2 Å². The number of carbonyl (C=O) groups excluding carboxylic acids is 2. The van der Waals surface area contributed by atoms with E-state index in [-0.39, 0.29) is 17.9 Å². The van der Waals surface area contributed by atoms with Crippen molar-refractivity contribution in [2.24, 2.45) is 5.92 Å². The molecule has 0 bridgehead atoms. The molecular weight excluding hydrogens is 270 g/mol. The molecule has 114 valence electrons. The lowest BCUT2D eigenvalue weighted by atomic mass is 9.88. The molecule has 0 spiro atoms. The third-order valence-corrected chi connectivity index (χ3v) is 4.67. The number of amides is 2. The molecule has 1 aromatic heterocycles. The highest BCUT2D eigenvalue weighted by Crippen LogP contribution is 2.31. The molecule has 21 heavy (non-hydrogen) atoms. The zero-order valence-electron chi connectivity index (χ0n) is 12.3. The number of oxazole rings is 1. The van der Waals surface area contributed by atoms with Crippen LogP contribution in [-0.2, 0) is 4.79 Å². The van der Waals surface area contributed by atoms with E-state index in [2.05, 4.69) is 4.98 Å². The maximum absolute atomic E-state index is 12.6. The molecule has 1 aromatic rings. The van der Waals surface area contributed by atoms with Crippen molar-refractivity contribution in [1.29, 1.82) is 0 Å². The summed E-state index contributed by atoms with van der Waals surface area (Å²) in [6.07, 6.45) is 6.81. The first-order valence-electron chi connectivity index (χ1n) is 7.62. The number of piperidine rings is 1. The fourth-order valence-corrected chi connectivity index (χ4v) is 3.57. The molecule has 3 rings (SSSR count). The lowest BCUT2D eigenvalue weighted by Crippen LogP contribution is -2.53. The van der Waals surface area contributed by atoms with Gasteiger partial charge in [0.1, 0.15) is 0 Å². The summed E-state index contributed by atoms with van der Waals surface area (Å²) in [7, 11) is 0. The molecule has 0 saturated carbocycles. The van der Waals surface area contributed by atoms with Gasteiger partial charge in [0.2, 0.25) is 11.7 Å². The lowest BCUT2D eigenvalue weighted by Gasteiger charge is -2.42. The van der Waals surface area contributed by atoms with Crippen molar-refractivity contribution in [3.05, 3.63) is 18.4 Å². The molecule has 2 aliphatic rings. The minimum absolute atomic E-state index is 0.0688. The van der Waals surface area contributed by atoms with Crippen LogP contribution >= 0.6 is 0 Å². The summed E-state index contributed by atoms with van der Waals surface area (Å²) in [5.74, 6) is 0.744. The second-order valence-corrected chi connectivity index (χ2v) is 5.94. The third-order valence-electron chi connectivity index (χ3n) is 4.67. The first-order chi connectivity index (χ1) is 10.2. The van der Waals surface area contributed by atoms with Crippen LogP contribution in [0, 0.1) is 5.92 Å². The van der Waals surface area contributed by atoms with E-state index in [1.165, 1.54) is 12.6 Å². The predicted octanol–water partition coefficient (Wildman–Crippen LogP) is 1.54. The van der Waals surface area contributed by atoms with E-state index in [0.29, 0.717) is 11.7 Å². The van der Waals surface area contributed by atoms with Gasteiger partial charge in [0, 0.05) is 32.6 Å². The van der Waals surface area contributed by atoms with Crippen LogP contribution in [0.3, 0.4) is 0 Å². The lowest BCUT2D eigenvalue weighted by molar-refractivity contribution is -0.131. The SMILES string of the molecule is CC(=O)N1CC[C@@H]2[C@@H](CCCCN2C(=O)c2cnco2)C1. The number of rotatable bonds is 1. The van der Waals surface area contributed by atoms with E-state index >= 15 is 0 Å². The highest BCUT2D eigenvalue weighted by molar-refractivity contribution is 5.91. The second-order valence-electron chi connectivity index (χ2n) is 5.94. The van der Waals surface area contributed by atoms with Crippen LogP contribution in [-0.4, -0.2) is 52.3 Å². The molecule has 6 heteroatoms. The van der Waals surface area contributed by atoms with Crippen molar-refractivity contribution in [3.8, 4) is 0 Å². The van der Waals surface area contributed by atoms with Gasteiger partial charge in [-0.05, 0) is 25.2 Å². The van der Waals surface area contributed by atoms with Gasteiger partial charge in [-0.3, -0.25) is 9.59 Å². The summed E-state index contributed by atoms with van der Waals surface area (Å²) < 4.78 is 5.16. The molecule has 2 atom stereocenters. The van der Waals surface area contributed by atoms with E-state index in [9.17, 15) is 9.59 Å². The van der Waals surface area contributed by atoms with Crippen LogP contribution in [0.15, 0.2) is 17.0 Å². The Morgan fingerprint density at radius 1 is 1.29 bits per heavy atom. The van der Waals surface area contributed by atoms with Gasteiger partial charge in [0.15, 0.2) is 6.39 Å². The minimum atomic E-state index is -0.0688. The molecule has 2 fully saturated rings. The zero-order chi connectivity index (χ0) is 14.8. The maximum Gasteiger partial charge on any atom is 0.291 e. The van der Waals surface area contributed by atoms with Crippen molar-refractivity contribution in [1.82, 2.24) is 14.8 Å². The van der Waals surface area contributed by atoms with Gasteiger partial charge in [-0.15, -0.1) is 0 Å². The molecule has 0 unspecified atom stereocenters. The zero-order valence-corrected chi connectivity index (χ0v) is 12.3. The molecule has 2 amide bonds. The van der Waals surface area contributed by atoms with E-state index < -0.39 is 0 Å². The highest BCUT2D eigenvalue weighted by Gasteiger charge is 2.38. The number of hydrogen-bond donors (Lipinski definition) is 0. The molecule has 0 N–H and O–H groups in total. The van der Waals surface area contributed by atoms with Crippen molar-refractivity contribution in [3.63, 3.8) is 0 Å². The van der Waals surface area contributed by atoms with Crippen molar-refractivity contribution < 1.29 is 14.0 Å². The normalized spacial score (nSPS) is 26.1. The standard InChI is InChI=1S/C15H21N3O3/c1-11(19)17-7-5-13-12(9-17)4-2-3-6-18(13)15(20)14-8-16-10-21-14/h8,10,12-13H,2-7,9H2,1H3/t12-,13+/m0/s1. The summed E-state index contributed by atoms with van der Waals surface area (Å²) in [6.45, 7) is 3.88. The van der Waals surface area contributed by atoms with E-state index in [4.69, 9.17) is 4.42 Å². The van der Waals surface area contributed by atoms with Crippen LogP contribution in [0.1, 0.15) is 43.2 Å². The van der Waals surface area contributed by atoms with Crippen LogP contribution < -0.4 is 0 Å². The first kappa shape index (κ1) is 14.1. The average molecular weight is 291 g/mol. The number of likely N-dealkylation sites (tertiary alicyclic amines) is 2. The van der Waals surface area contributed by atoms with Crippen LogP contribution in [0.4, 0.5) is 0 Å². The van der Waals surface area contributed by atoms with E-state index in [0.717, 1.165) is 45.3 Å². The van der Waals surface area contributed by atoms with E-state index in [1.54, 1.807) is 6.92 Å². The van der Waals surface area contributed by atoms with Gasteiger partial charge in [-0.1, -0.05) is 6.42 Å². The maximum atomic E-state index is 12.6. The van der Waals surface area contributed by atoms with Crippen LogP contribution in [0.5, 0.6) is 0 Å². The van der Waals surface area contributed by atoms with Crippen molar-refractivity contribution >= 4 is 11.8 Å². The predicted molar refractivity (Wildman–Crippen MR) is 75.5 cm³/mol. The summed E-state index contributed by atoms with van der Waals surface area (Å²) >= 11 is 0. The Morgan fingerprint density at radius 2 is 2.14 bits per heavy atom. The van der Waals surface area contributed by atoms with Gasteiger partial charge in [-0.25, -0.2) is 4.98 Å². The van der Waals surface area contributed by atoms with Crippen molar-refractivity contribution in [2.45, 2.75) is 38.6 Å². The van der Waals surface area contributed by atoms with Gasteiger partial charge in [-0.2, -0.15) is 0 Å². The summed E-state index contributed by atoms with van der Waals surface area (Å²) in [5.41, 5.74) is 0. The summed E-state index contributed by atoms with van der Waals surface area (Å²) in [5, 5.41) is 0.